The van der Waals surface area contributed by atoms with E-state index in [-0.39, 0.29) is 0 Å². The van der Waals surface area contributed by atoms with Crippen LogP contribution in [-0.4, -0.2) is 66.2 Å². The van der Waals surface area contributed by atoms with E-state index < -0.39 is 21.2 Å². The zero-order valence-corrected chi connectivity index (χ0v) is 18.1. The number of thioether (sulfide) groups is 4. The van der Waals surface area contributed by atoms with E-state index in [1.165, 1.54) is 34.5 Å². The molecule has 5 heteroatoms. The first-order chi connectivity index (χ1) is 8.16. The summed E-state index contributed by atoms with van der Waals surface area (Å²) in [7, 11) is 0. The van der Waals surface area contributed by atoms with Gasteiger partial charge in [0.2, 0.25) is 0 Å². The molecule has 0 aliphatic carbocycles. The number of hydrogen-bond donors (Lipinski definition) is 0. The molecule has 0 aromatic carbocycles. The standard InChI is InChI=1S/2C5H9S2.2CH3.Pb/c2*1-2-6-3-5-4-7-5;;;/h2*5H,1-4H2;2*1H3;. The molecule has 2 aliphatic rings. The summed E-state index contributed by atoms with van der Waals surface area (Å²) in [6, 6.07) is 0. The van der Waals surface area contributed by atoms with Crippen molar-refractivity contribution >= 4 is 68.2 Å². The van der Waals surface area contributed by atoms with Crippen molar-refractivity contribution in [2.75, 3.05) is 34.5 Å². The first-order valence-electron chi connectivity index (χ1n) is 6.54. The Morgan fingerprint density at radius 1 is 0.941 bits per heavy atom. The molecule has 0 aromatic rings. The second-order valence-corrected chi connectivity index (χ2v) is 31.4. The van der Waals surface area contributed by atoms with E-state index in [9.17, 15) is 0 Å². The van der Waals surface area contributed by atoms with Crippen molar-refractivity contribution in [1.82, 2.24) is 0 Å². The minimum absolute atomic E-state index is 1.03. The molecule has 100 valence electrons. The maximum absolute atomic E-state index is 2.67. The second kappa shape index (κ2) is 7.93. The summed E-state index contributed by atoms with van der Waals surface area (Å²) < 4.78 is 8.58. The summed E-state index contributed by atoms with van der Waals surface area (Å²) >= 11 is 7.03. The third kappa shape index (κ3) is 8.25. The minimum atomic E-state index is -1.72. The van der Waals surface area contributed by atoms with Gasteiger partial charge in [-0.05, 0) is 0 Å². The van der Waals surface area contributed by atoms with Crippen LogP contribution in [-0.2, 0) is 0 Å². The fraction of sp³-hybridized carbons (Fsp3) is 1.00. The third-order valence-corrected chi connectivity index (χ3v) is 23.2. The normalized spacial score (nSPS) is 27.2. The predicted molar refractivity (Wildman–Crippen MR) is 94.2 cm³/mol. The van der Waals surface area contributed by atoms with Crippen molar-refractivity contribution in [2.45, 2.75) is 27.4 Å². The van der Waals surface area contributed by atoms with Gasteiger partial charge in [0.05, 0.1) is 0 Å². The van der Waals surface area contributed by atoms with Gasteiger partial charge >= 0.3 is 130 Å². The summed E-state index contributed by atoms with van der Waals surface area (Å²) in [5.74, 6) is 8.68. The zero-order chi connectivity index (χ0) is 12.1. The van der Waals surface area contributed by atoms with Gasteiger partial charge in [-0.1, -0.05) is 0 Å². The van der Waals surface area contributed by atoms with Crippen molar-refractivity contribution in [3.8, 4) is 0 Å². The average molecular weight is 504 g/mol. The molecule has 0 radical (unpaired) electrons. The Morgan fingerprint density at radius 2 is 1.35 bits per heavy atom. The predicted octanol–water partition coefficient (Wildman–Crippen LogP) is 4.39. The Kier molecular flexibility index (Phi) is 7.33. The van der Waals surface area contributed by atoms with Crippen LogP contribution < -0.4 is 0 Å². The topological polar surface area (TPSA) is 0 Å². The van der Waals surface area contributed by atoms with E-state index in [1.807, 2.05) is 0 Å². The summed E-state index contributed by atoms with van der Waals surface area (Å²) in [5.41, 5.74) is 0. The first-order valence-corrected chi connectivity index (χ1v) is 24.2. The molecule has 2 atom stereocenters. The van der Waals surface area contributed by atoms with Gasteiger partial charge in [-0.25, -0.2) is 0 Å². The van der Waals surface area contributed by atoms with E-state index in [1.54, 1.807) is 7.96 Å². The Labute approximate surface area is 129 Å². The van der Waals surface area contributed by atoms with Crippen molar-refractivity contribution in [2.24, 2.45) is 0 Å². The van der Waals surface area contributed by atoms with E-state index >= 15 is 0 Å². The van der Waals surface area contributed by atoms with Crippen LogP contribution in [0.15, 0.2) is 0 Å². The Hall–Kier alpha value is 2.32. The molecule has 0 saturated carbocycles. The maximum atomic E-state index is 2.67. The molecule has 0 nitrogen and oxygen atoms in total. The van der Waals surface area contributed by atoms with Crippen LogP contribution in [0, 0.1) is 0 Å². The SMILES string of the molecule is [CH3][Pb]([CH3])([CH2]CSCC1CS1)[CH2]CSCC1CS1. The molecule has 2 heterocycles. The van der Waals surface area contributed by atoms with Crippen LogP contribution in [0.5, 0.6) is 0 Å². The van der Waals surface area contributed by atoms with Crippen LogP contribution in [0.25, 0.3) is 0 Å². The van der Waals surface area contributed by atoms with Crippen LogP contribution in [0.1, 0.15) is 0 Å². The van der Waals surface area contributed by atoms with E-state index in [0.717, 1.165) is 10.5 Å². The molecular weight excluding hydrogens is 480 g/mol. The molecule has 2 fully saturated rings. The number of rotatable bonds is 10. The molecule has 2 saturated heterocycles. The monoisotopic (exact) mass is 504 g/mol. The Morgan fingerprint density at radius 3 is 1.71 bits per heavy atom. The molecule has 0 amide bonds. The van der Waals surface area contributed by atoms with Crippen molar-refractivity contribution in [3.05, 3.63) is 0 Å². The molecule has 2 aliphatic heterocycles. The summed E-state index contributed by atoms with van der Waals surface area (Å²) in [6.07, 6.45) is 0. The van der Waals surface area contributed by atoms with E-state index in [4.69, 9.17) is 0 Å². The van der Waals surface area contributed by atoms with Gasteiger partial charge in [-0.15, -0.1) is 0 Å². The van der Waals surface area contributed by atoms with Crippen LogP contribution in [0.4, 0.5) is 0 Å². The van der Waals surface area contributed by atoms with Gasteiger partial charge in [-0.2, -0.15) is 0 Å². The van der Waals surface area contributed by atoms with Crippen molar-refractivity contribution in [3.63, 3.8) is 0 Å². The van der Waals surface area contributed by atoms with Gasteiger partial charge in [0, 0.05) is 0 Å². The first kappa shape index (κ1) is 15.7. The quantitative estimate of drug-likeness (QED) is 0.246. The molecule has 17 heavy (non-hydrogen) atoms. The van der Waals surface area contributed by atoms with Crippen LogP contribution in [0.3, 0.4) is 0 Å². The van der Waals surface area contributed by atoms with Crippen molar-refractivity contribution < 1.29 is 0 Å². The molecular formula is C12H24PbS4. The second-order valence-electron chi connectivity index (χ2n) is 5.72. The number of hydrogen-bond acceptors (Lipinski definition) is 4. The van der Waals surface area contributed by atoms with Crippen molar-refractivity contribution in [1.29, 1.82) is 0 Å². The Balaban J connectivity index is 1.43. The molecule has 0 N–H and O–H groups in total. The third-order valence-electron chi connectivity index (χ3n) is 3.26. The Bertz CT molecular complexity index is 205. The van der Waals surface area contributed by atoms with Gasteiger partial charge in [0.1, 0.15) is 0 Å². The van der Waals surface area contributed by atoms with Crippen LogP contribution >= 0.6 is 47.0 Å². The van der Waals surface area contributed by atoms with Gasteiger partial charge < -0.3 is 0 Å². The van der Waals surface area contributed by atoms with Gasteiger partial charge in [0.25, 0.3) is 0 Å². The molecule has 0 spiro atoms. The molecule has 2 rings (SSSR count). The van der Waals surface area contributed by atoms with Crippen LogP contribution in [0.2, 0.25) is 16.9 Å². The zero-order valence-electron chi connectivity index (χ0n) is 10.9. The fourth-order valence-electron chi connectivity index (χ4n) is 1.58. The van der Waals surface area contributed by atoms with E-state index in [0.29, 0.717) is 0 Å². The molecule has 0 aromatic heterocycles. The molecule has 2 unspecified atom stereocenters. The summed E-state index contributed by atoms with van der Waals surface area (Å²) in [5, 5.41) is 2.07. The summed E-state index contributed by atoms with van der Waals surface area (Å²) in [4.78, 5) is 0. The van der Waals surface area contributed by atoms with Gasteiger partial charge in [0.15, 0.2) is 0 Å². The average Bonchev–Trinajstić information content (AvgIpc) is 3.13. The van der Waals surface area contributed by atoms with Gasteiger partial charge in [-0.3, -0.25) is 0 Å². The molecule has 0 bridgehead atoms. The summed E-state index contributed by atoms with van der Waals surface area (Å²) in [6.45, 7) is 0. The van der Waals surface area contributed by atoms with E-state index in [2.05, 4.69) is 56.0 Å². The fourth-order valence-corrected chi connectivity index (χ4v) is 23.4.